The highest BCUT2D eigenvalue weighted by Crippen LogP contribution is 2.21. The second-order valence-corrected chi connectivity index (χ2v) is 5.49. The average molecular weight is 258 g/mol. The van der Waals surface area contributed by atoms with Gasteiger partial charge in [-0.2, -0.15) is 0 Å². The van der Waals surface area contributed by atoms with Gasteiger partial charge in [0.1, 0.15) is 0 Å². The molecular formula is C17H22O2. The van der Waals surface area contributed by atoms with E-state index < -0.39 is 0 Å². The Kier molecular flexibility index (Phi) is 4.78. The summed E-state index contributed by atoms with van der Waals surface area (Å²) in [6.45, 7) is 4.89. The summed E-state index contributed by atoms with van der Waals surface area (Å²) in [6.07, 6.45) is 8.08. The molecule has 2 rings (SSSR count). The third-order valence-corrected chi connectivity index (χ3v) is 3.48. The van der Waals surface area contributed by atoms with Gasteiger partial charge in [0.15, 0.2) is 0 Å². The van der Waals surface area contributed by atoms with Gasteiger partial charge in [-0.3, -0.25) is 0 Å². The summed E-state index contributed by atoms with van der Waals surface area (Å²) in [6, 6.07) is 5.92. The number of hydrogen-bond donors (Lipinski definition) is 0. The molecule has 2 nitrogen and oxygen atoms in total. The smallest absolute Gasteiger partial charge is 0.338 e. The van der Waals surface area contributed by atoms with Crippen LogP contribution in [-0.4, -0.2) is 12.6 Å². The molecule has 2 heteroatoms. The van der Waals surface area contributed by atoms with Gasteiger partial charge in [0, 0.05) is 0 Å². The fourth-order valence-electron chi connectivity index (χ4n) is 2.40. The van der Waals surface area contributed by atoms with Gasteiger partial charge < -0.3 is 4.74 Å². The van der Waals surface area contributed by atoms with Crippen molar-refractivity contribution in [1.82, 2.24) is 0 Å². The van der Waals surface area contributed by atoms with Crippen molar-refractivity contribution in [3.05, 3.63) is 47.0 Å². The number of esters is 1. The van der Waals surface area contributed by atoms with Gasteiger partial charge in [0.2, 0.25) is 0 Å². The van der Waals surface area contributed by atoms with Crippen LogP contribution in [0.5, 0.6) is 0 Å². The molecule has 102 valence electrons. The molecule has 1 aliphatic carbocycles. The quantitative estimate of drug-likeness (QED) is 0.454. The van der Waals surface area contributed by atoms with Crippen LogP contribution in [0.2, 0.25) is 0 Å². The molecule has 0 radical (unpaired) electrons. The lowest BCUT2D eigenvalue weighted by molar-refractivity contribution is 0.0493. The van der Waals surface area contributed by atoms with Crippen LogP contribution >= 0.6 is 0 Å². The summed E-state index contributed by atoms with van der Waals surface area (Å²) in [5.74, 6) is 0.490. The minimum Gasteiger partial charge on any atom is -0.462 e. The molecule has 19 heavy (non-hydrogen) atoms. The van der Waals surface area contributed by atoms with E-state index in [2.05, 4.69) is 32.1 Å². The predicted octanol–water partition coefficient (Wildman–Crippen LogP) is 3.93. The van der Waals surface area contributed by atoms with Crippen molar-refractivity contribution < 1.29 is 9.53 Å². The molecule has 0 bridgehead atoms. The topological polar surface area (TPSA) is 26.3 Å². The highest BCUT2D eigenvalue weighted by molar-refractivity contribution is 5.91. The van der Waals surface area contributed by atoms with Crippen LogP contribution < -0.4 is 0 Å². The van der Waals surface area contributed by atoms with E-state index in [-0.39, 0.29) is 5.97 Å². The van der Waals surface area contributed by atoms with Gasteiger partial charge in [0.05, 0.1) is 12.2 Å². The van der Waals surface area contributed by atoms with Crippen LogP contribution in [0.3, 0.4) is 0 Å². The number of hydrogen-bond acceptors (Lipinski definition) is 2. The Balaban J connectivity index is 1.96. The van der Waals surface area contributed by atoms with E-state index in [0.717, 1.165) is 36.8 Å². The first kappa shape index (κ1) is 13.9. The van der Waals surface area contributed by atoms with Crippen LogP contribution in [0.15, 0.2) is 30.4 Å². The molecule has 0 amide bonds. The maximum Gasteiger partial charge on any atom is 0.338 e. The zero-order valence-corrected chi connectivity index (χ0v) is 11.8. The van der Waals surface area contributed by atoms with Crippen molar-refractivity contribution >= 4 is 5.97 Å². The Labute approximate surface area is 115 Å². The van der Waals surface area contributed by atoms with Crippen LogP contribution in [0.1, 0.15) is 48.2 Å². The van der Waals surface area contributed by atoms with Crippen LogP contribution in [0, 0.1) is 5.92 Å². The van der Waals surface area contributed by atoms with Gasteiger partial charge in [-0.1, -0.05) is 38.1 Å². The van der Waals surface area contributed by atoms with Crippen LogP contribution in [-0.2, 0) is 17.6 Å². The zero-order valence-electron chi connectivity index (χ0n) is 11.8. The minimum atomic E-state index is -0.170. The third kappa shape index (κ3) is 3.69. The second kappa shape index (κ2) is 6.55. The standard InChI is InChI=1S/C17H22O2/c1-13(2)7-6-12-19-17(18)16-11-5-9-14-8-3-4-10-15(14)16/h3-5,9,11,13H,6-8,10,12H2,1-2H3. The van der Waals surface area contributed by atoms with Gasteiger partial charge in [-0.05, 0) is 48.8 Å². The van der Waals surface area contributed by atoms with Gasteiger partial charge in [-0.25, -0.2) is 4.79 Å². The number of allylic oxidation sites excluding steroid dienone is 2. The predicted molar refractivity (Wildman–Crippen MR) is 77.3 cm³/mol. The van der Waals surface area contributed by atoms with E-state index in [1.165, 1.54) is 5.56 Å². The Morgan fingerprint density at radius 1 is 1.26 bits per heavy atom. The molecule has 0 aromatic heterocycles. The van der Waals surface area contributed by atoms with E-state index >= 15 is 0 Å². The van der Waals surface area contributed by atoms with Crippen molar-refractivity contribution in [1.29, 1.82) is 0 Å². The average Bonchev–Trinajstić information content (AvgIpc) is 2.42. The lowest BCUT2D eigenvalue weighted by Gasteiger charge is -2.15. The first-order chi connectivity index (χ1) is 9.18. The lowest BCUT2D eigenvalue weighted by Crippen LogP contribution is -2.12. The fourth-order valence-corrected chi connectivity index (χ4v) is 2.40. The third-order valence-electron chi connectivity index (χ3n) is 3.48. The highest BCUT2D eigenvalue weighted by Gasteiger charge is 2.16. The Hall–Kier alpha value is -1.57. The summed E-state index contributed by atoms with van der Waals surface area (Å²) in [5.41, 5.74) is 3.13. The SMILES string of the molecule is CC(C)CCCOC(=O)c1cccc2c1CC=CC2. The minimum absolute atomic E-state index is 0.170. The largest absolute Gasteiger partial charge is 0.462 e. The fraction of sp³-hybridized carbons (Fsp3) is 0.471. The van der Waals surface area contributed by atoms with E-state index in [1.807, 2.05) is 12.1 Å². The molecule has 1 aliphatic rings. The molecule has 0 atom stereocenters. The molecule has 0 saturated heterocycles. The molecule has 0 heterocycles. The van der Waals surface area contributed by atoms with E-state index in [4.69, 9.17) is 4.74 Å². The second-order valence-electron chi connectivity index (χ2n) is 5.49. The summed E-state index contributed by atoms with van der Waals surface area (Å²) in [4.78, 5) is 12.1. The summed E-state index contributed by atoms with van der Waals surface area (Å²) < 4.78 is 5.38. The number of carbonyl (C=O) groups is 1. The van der Waals surface area contributed by atoms with Gasteiger partial charge in [0.25, 0.3) is 0 Å². The maximum atomic E-state index is 12.1. The van der Waals surface area contributed by atoms with E-state index in [0.29, 0.717) is 12.5 Å². The van der Waals surface area contributed by atoms with E-state index in [1.54, 1.807) is 0 Å². The van der Waals surface area contributed by atoms with Gasteiger partial charge in [-0.15, -0.1) is 0 Å². The Morgan fingerprint density at radius 3 is 2.84 bits per heavy atom. The highest BCUT2D eigenvalue weighted by atomic mass is 16.5. The summed E-state index contributed by atoms with van der Waals surface area (Å²) >= 11 is 0. The lowest BCUT2D eigenvalue weighted by atomic mass is 9.92. The monoisotopic (exact) mass is 258 g/mol. The Morgan fingerprint density at radius 2 is 2.05 bits per heavy atom. The molecule has 0 aliphatic heterocycles. The summed E-state index contributed by atoms with van der Waals surface area (Å²) in [5, 5.41) is 0. The number of rotatable bonds is 5. The molecule has 0 spiro atoms. The number of ether oxygens (including phenoxy) is 1. The number of carbonyl (C=O) groups excluding carboxylic acids is 1. The van der Waals surface area contributed by atoms with Crippen molar-refractivity contribution in [2.24, 2.45) is 5.92 Å². The number of fused-ring (bicyclic) bond motifs is 1. The normalized spacial score (nSPS) is 13.4. The van der Waals surface area contributed by atoms with Crippen molar-refractivity contribution in [2.45, 2.75) is 39.5 Å². The molecule has 0 fully saturated rings. The first-order valence-corrected chi connectivity index (χ1v) is 7.11. The molecule has 0 unspecified atom stereocenters. The zero-order chi connectivity index (χ0) is 13.7. The summed E-state index contributed by atoms with van der Waals surface area (Å²) in [7, 11) is 0. The molecular weight excluding hydrogens is 236 g/mol. The van der Waals surface area contributed by atoms with Crippen molar-refractivity contribution in [3.63, 3.8) is 0 Å². The Bertz CT molecular complexity index is 472. The van der Waals surface area contributed by atoms with Crippen LogP contribution in [0.4, 0.5) is 0 Å². The first-order valence-electron chi connectivity index (χ1n) is 7.11. The van der Waals surface area contributed by atoms with Crippen LogP contribution in [0.25, 0.3) is 0 Å². The molecule has 1 aromatic rings. The molecule has 1 aromatic carbocycles. The van der Waals surface area contributed by atoms with Gasteiger partial charge >= 0.3 is 5.97 Å². The van der Waals surface area contributed by atoms with E-state index in [9.17, 15) is 4.79 Å². The van der Waals surface area contributed by atoms with Crippen molar-refractivity contribution in [2.75, 3.05) is 6.61 Å². The molecule has 0 N–H and O–H groups in total. The molecule has 0 saturated carbocycles. The maximum absolute atomic E-state index is 12.1. The number of benzene rings is 1. The van der Waals surface area contributed by atoms with Crippen molar-refractivity contribution in [3.8, 4) is 0 Å².